The molecule has 1 heterocycles. The normalized spacial score (nSPS) is 10.2. The van der Waals surface area contributed by atoms with Gasteiger partial charge in [0.1, 0.15) is 5.75 Å². The monoisotopic (exact) mass is 286 g/mol. The Morgan fingerprint density at radius 3 is 2.52 bits per heavy atom. The maximum atomic E-state index is 12.3. The van der Waals surface area contributed by atoms with Crippen LogP contribution < -0.4 is 4.74 Å². The molecule has 0 amide bonds. The first-order chi connectivity index (χ1) is 9.97. The highest BCUT2D eigenvalue weighted by molar-refractivity contribution is 6.13. The zero-order chi connectivity index (χ0) is 15.4. The van der Waals surface area contributed by atoms with Crippen LogP contribution in [0.5, 0.6) is 5.75 Å². The highest BCUT2D eigenvalue weighted by atomic mass is 16.5. The minimum Gasteiger partial charge on any atom is -0.461 e. The molecule has 0 saturated heterocycles. The Morgan fingerprint density at radius 1 is 1.14 bits per heavy atom. The molecule has 1 aromatic carbocycles. The number of Topliss-reactive ketones (excluding diaryl/α,β-unsaturated/α-hetero) is 2. The summed E-state index contributed by atoms with van der Waals surface area (Å²) in [4.78, 5) is 35.2. The van der Waals surface area contributed by atoms with E-state index in [1.165, 1.54) is 19.3 Å². The molecule has 0 fully saturated rings. The molecule has 5 nitrogen and oxygen atoms in total. The van der Waals surface area contributed by atoms with E-state index >= 15 is 0 Å². The van der Waals surface area contributed by atoms with Gasteiger partial charge in [0.25, 0.3) is 0 Å². The molecule has 5 heteroatoms. The van der Waals surface area contributed by atoms with Crippen LogP contribution in [0.2, 0.25) is 0 Å². The SMILES string of the molecule is CC(=O)Oc1ccc(C)cc1C(=O)CC(=O)c1ccco1. The molecule has 0 N–H and O–H groups in total. The molecule has 21 heavy (non-hydrogen) atoms. The van der Waals surface area contributed by atoms with Gasteiger partial charge in [-0.2, -0.15) is 0 Å². The zero-order valence-corrected chi connectivity index (χ0v) is 11.7. The molecule has 2 aromatic rings. The predicted molar refractivity (Wildman–Crippen MR) is 74.5 cm³/mol. The first kappa shape index (κ1) is 14.7. The zero-order valence-electron chi connectivity index (χ0n) is 11.7. The summed E-state index contributed by atoms with van der Waals surface area (Å²) in [7, 11) is 0. The van der Waals surface area contributed by atoms with Crippen LogP contribution in [0.3, 0.4) is 0 Å². The summed E-state index contributed by atoms with van der Waals surface area (Å²) in [6.07, 6.45) is 1.03. The predicted octanol–water partition coefficient (Wildman–Crippen LogP) is 2.97. The quantitative estimate of drug-likeness (QED) is 0.365. The third-order valence-electron chi connectivity index (χ3n) is 2.81. The summed E-state index contributed by atoms with van der Waals surface area (Å²) in [6.45, 7) is 3.06. The summed E-state index contributed by atoms with van der Waals surface area (Å²) in [5.74, 6) is -1.07. The second-order valence-corrected chi connectivity index (χ2v) is 4.59. The van der Waals surface area contributed by atoms with Gasteiger partial charge >= 0.3 is 5.97 Å². The lowest BCUT2D eigenvalue weighted by Gasteiger charge is -2.08. The van der Waals surface area contributed by atoms with Crippen molar-refractivity contribution in [3.8, 4) is 5.75 Å². The molecule has 0 aliphatic rings. The number of hydrogen-bond donors (Lipinski definition) is 0. The molecule has 0 saturated carbocycles. The minimum absolute atomic E-state index is 0.130. The number of rotatable bonds is 5. The molecule has 2 rings (SSSR count). The van der Waals surface area contributed by atoms with Crippen LogP contribution in [0.4, 0.5) is 0 Å². The number of furan rings is 1. The Morgan fingerprint density at radius 2 is 1.90 bits per heavy atom. The van der Waals surface area contributed by atoms with Crippen LogP contribution >= 0.6 is 0 Å². The summed E-state index contributed by atoms with van der Waals surface area (Å²) in [5.41, 5.74) is 1.05. The Balaban J connectivity index is 2.23. The van der Waals surface area contributed by atoms with Crippen LogP contribution in [-0.2, 0) is 4.79 Å². The average molecular weight is 286 g/mol. The smallest absolute Gasteiger partial charge is 0.308 e. The fourth-order valence-corrected chi connectivity index (χ4v) is 1.87. The van der Waals surface area contributed by atoms with E-state index in [0.717, 1.165) is 5.56 Å². The molecule has 0 spiro atoms. The fraction of sp³-hybridized carbons (Fsp3) is 0.188. The lowest BCUT2D eigenvalue weighted by Crippen LogP contribution is -2.11. The van der Waals surface area contributed by atoms with Crippen LogP contribution in [0.25, 0.3) is 0 Å². The summed E-state index contributed by atoms with van der Waals surface area (Å²) >= 11 is 0. The molecule has 108 valence electrons. The molecule has 0 bridgehead atoms. The van der Waals surface area contributed by atoms with E-state index in [-0.39, 0.29) is 23.5 Å². The van der Waals surface area contributed by atoms with Crippen molar-refractivity contribution in [2.24, 2.45) is 0 Å². The van der Waals surface area contributed by atoms with Gasteiger partial charge < -0.3 is 9.15 Å². The van der Waals surface area contributed by atoms with Gasteiger partial charge in [0.2, 0.25) is 5.78 Å². The van der Waals surface area contributed by atoms with E-state index in [1.54, 1.807) is 24.3 Å². The second kappa shape index (κ2) is 6.17. The van der Waals surface area contributed by atoms with Crippen LogP contribution in [0.1, 0.15) is 39.8 Å². The van der Waals surface area contributed by atoms with Gasteiger partial charge in [-0.1, -0.05) is 11.6 Å². The Hall–Kier alpha value is -2.69. The van der Waals surface area contributed by atoms with Crippen molar-refractivity contribution in [2.75, 3.05) is 0 Å². The molecule has 0 radical (unpaired) electrons. The fourth-order valence-electron chi connectivity index (χ4n) is 1.87. The first-order valence-corrected chi connectivity index (χ1v) is 6.36. The van der Waals surface area contributed by atoms with Gasteiger partial charge in [0.15, 0.2) is 11.5 Å². The molecule has 0 unspecified atom stereocenters. The topological polar surface area (TPSA) is 73.6 Å². The van der Waals surface area contributed by atoms with Gasteiger partial charge in [-0.15, -0.1) is 0 Å². The van der Waals surface area contributed by atoms with Crippen molar-refractivity contribution < 1.29 is 23.5 Å². The van der Waals surface area contributed by atoms with Gasteiger partial charge in [-0.25, -0.2) is 0 Å². The highest BCUT2D eigenvalue weighted by Crippen LogP contribution is 2.22. The van der Waals surface area contributed by atoms with E-state index in [2.05, 4.69) is 0 Å². The second-order valence-electron chi connectivity index (χ2n) is 4.59. The summed E-state index contributed by atoms with van der Waals surface area (Å²) < 4.78 is 9.96. The number of ether oxygens (including phenoxy) is 1. The van der Waals surface area contributed by atoms with Crippen LogP contribution in [0, 0.1) is 6.92 Å². The molecular weight excluding hydrogens is 272 g/mol. The van der Waals surface area contributed by atoms with Gasteiger partial charge in [0.05, 0.1) is 18.2 Å². The van der Waals surface area contributed by atoms with Crippen molar-refractivity contribution in [2.45, 2.75) is 20.3 Å². The van der Waals surface area contributed by atoms with Crippen molar-refractivity contribution in [3.05, 3.63) is 53.5 Å². The third kappa shape index (κ3) is 3.66. The van der Waals surface area contributed by atoms with E-state index in [1.807, 2.05) is 6.92 Å². The number of ketones is 2. The number of benzene rings is 1. The number of carbonyl (C=O) groups excluding carboxylic acids is 3. The lowest BCUT2D eigenvalue weighted by atomic mass is 10.0. The Bertz CT molecular complexity index is 683. The van der Waals surface area contributed by atoms with E-state index in [9.17, 15) is 14.4 Å². The minimum atomic E-state index is -0.523. The molecule has 1 aromatic heterocycles. The highest BCUT2D eigenvalue weighted by Gasteiger charge is 2.19. The van der Waals surface area contributed by atoms with Gasteiger partial charge in [-0.05, 0) is 31.2 Å². The van der Waals surface area contributed by atoms with Gasteiger partial charge in [0, 0.05) is 6.92 Å². The number of esters is 1. The average Bonchev–Trinajstić information content (AvgIpc) is 2.94. The van der Waals surface area contributed by atoms with E-state index < -0.39 is 17.5 Å². The van der Waals surface area contributed by atoms with Crippen molar-refractivity contribution >= 4 is 17.5 Å². The third-order valence-corrected chi connectivity index (χ3v) is 2.81. The summed E-state index contributed by atoms with van der Waals surface area (Å²) in [6, 6.07) is 7.94. The molecule has 0 aliphatic heterocycles. The molecular formula is C16H14O5. The van der Waals surface area contributed by atoms with Crippen molar-refractivity contribution in [1.82, 2.24) is 0 Å². The van der Waals surface area contributed by atoms with Gasteiger partial charge in [-0.3, -0.25) is 14.4 Å². The first-order valence-electron chi connectivity index (χ1n) is 6.36. The largest absolute Gasteiger partial charge is 0.461 e. The van der Waals surface area contributed by atoms with Crippen molar-refractivity contribution in [3.63, 3.8) is 0 Å². The van der Waals surface area contributed by atoms with E-state index in [4.69, 9.17) is 9.15 Å². The van der Waals surface area contributed by atoms with Crippen LogP contribution in [0.15, 0.2) is 41.0 Å². The standard InChI is InChI=1S/C16H14O5/c1-10-5-6-15(21-11(2)17)12(8-10)13(18)9-14(19)16-4-3-7-20-16/h3-8H,9H2,1-2H3. The maximum absolute atomic E-state index is 12.3. The number of aryl methyl sites for hydroxylation is 1. The van der Waals surface area contributed by atoms with Crippen LogP contribution in [-0.4, -0.2) is 17.5 Å². The summed E-state index contributed by atoms with van der Waals surface area (Å²) in [5, 5.41) is 0. The maximum Gasteiger partial charge on any atom is 0.308 e. The number of carbonyl (C=O) groups is 3. The Labute approximate surface area is 121 Å². The number of hydrogen-bond acceptors (Lipinski definition) is 5. The molecule has 0 atom stereocenters. The lowest BCUT2D eigenvalue weighted by molar-refractivity contribution is -0.131. The van der Waals surface area contributed by atoms with E-state index in [0.29, 0.717) is 0 Å². The Kier molecular flexibility index (Phi) is 4.33. The molecule has 0 aliphatic carbocycles. The van der Waals surface area contributed by atoms with Crippen molar-refractivity contribution in [1.29, 1.82) is 0 Å².